The normalized spacial score (nSPS) is 13.9. The first-order valence-corrected chi connectivity index (χ1v) is 6.81. The van der Waals surface area contributed by atoms with Crippen molar-refractivity contribution in [2.45, 2.75) is 52.0 Å². The maximum Gasteiger partial charge on any atom is 0.123 e. The van der Waals surface area contributed by atoms with E-state index in [1.54, 1.807) is 12.1 Å². The summed E-state index contributed by atoms with van der Waals surface area (Å²) in [4.78, 5) is 0. The Morgan fingerprint density at radius 1 is 1.11 bits per heavy atom. The van der Waals surface area contributed by atoms with Crippen LogP contribution in [0.25, 0.3) is 0 Å². The second-order valence-electron chi connectivity index (χ2n) is 6.04. The number of halogens is 1. The van der Waals surface area contributed by atoms with E-state index in [4.69, 9.17) is 0 Å². The molecule has 0 aliphatic rings. The molecule has 1 rings (SSSR count). The van der Waals surface area contributed by atoms with Crippen molar-refractivity contribution in [2.24, 2.45) is 5.92 Å². The largest absolute Gasteiger partial charge is 0.316 e. The molecule has 1 aromatic carbocycles. The van der Waals surface area contributed by atoms with E-state index in [2.05, 4.69) is 33.0 Å². The second-order valence-corrected chi connectivity index (χ2v) is 6.04. The molecule has 1 N–H and O–H groups in total. The molecule has 18 heavy (non-hydrogen) atoms. The van der Waals surface area contributed by atoms with Crippen molar-refractivity contribution in [1.82, 2.24) is 5.32 Å². The van der Waals surface area contributed by atoms with Gasteiger partial charge in [-0.15, -0.1) is 0 Å². The van der Waals surface area contributed by atoms with E-state index >= 15 is 0 Å². The van der Waals surface area contributed by atoms with Crippen molar-refractivity contribution in [3.8, 4) is 0 Å². The van der Waals surface area contributed by atoms with Crippen LogP contribution in [0, 0.1) is 11.7 Å². The lowest BCUT2D eigenvalue weighted by Crippen LogP contribution is -2.43. The van der Waals surface area contributed by atoms with Crippen LogP contribution in [0.1, 0.15) is 46.1 Å². The third-order valence-corrected chi connectivity index (χ3v) is 3.84. The molecule has 1 atom stereocenters. The lowest BCUT2D eigenvalue weighted by atomic mass is 9.75. The Hall–Kier alpha value is -0.890. The molecule has 1 unspecified atom stereocenters. The van der Waals surface area contributed by atoms with Gasteiger partial charge in [0.2, 0.25) is 0 Å². The fourth-order valence-electron chi connectivity index (χ4n) is 2.45. The predicted molar refractivity (Wildman–Crippen MR) is 76.3 cm³/mol. The maximum atomic E-state index is 13.0. The van der Waals surface area contributed by atoms with Crippen LogP contribution in [-0.2, 0) is 5.41 Å². The summed E-state index contributed by atoms with van der Waals surface area (Å²) in [5, 5.41) is 3.42. The fraction of sp³-hybridized carbons (Fsp3) is 0.625. The SMILES string of the molecule is CNC(CCC(C)C)C(C)(C)c1ccc(F)cc1. The average Bonchev–Trinajstić information content (AvgIpc) is 2.29. The Bertz CT molecular complexity index is 354. The van der Waals surface area contributed by atoms with Crippen molar-refractivity contribution in [3.05, 3.63) is 35.6 Å². The van der Waals surface area contributed by atoms with Crippen LogP contribution in [0.2, 0.25) is 0 Å². The highest BCUT2D eigenvalue weighted by Gasteiger charge is 2.29. The summed E-state index contributed by atoms with van der Waals surface area (Å²) in [6.07, 6.45) is 2.34. The van der Waals surface area contributed by atoms with Gasteiger partial charge >= 0.3 is 0 Å². The summed E-state index contributed by atoms with van der Waals surface area (Å²) >= 11 is 0. The van der Waals surface area contributed by atoms with Crippen molar-refractivity contribution in [1.29, 1.82) is 0 Å². The van der Waals surface area contributed by atoms with Crippen LogP contribution in [-0.4, -0.2) is 13.1 Å². The minimum Gasteiger partial charge on any atom is -0.316 e. The summed E-state index contributed by atoms with van der Waals surface area (Å²) < 4.78 is 13.0. The van der Waals surface area contributed by atoms with Gasteiger partial charge in [0.1, 0.15) is 5.82 Å². The Balaban J connectivity index is 2.84. The topological polar surface area (TPSA) is 12.0 Å². The first-order valence-electron chi connectivity index (χ1n) is 6.81. The number of hydrogen-bond acceptors (Lipinski definition) is 1. The fourth-order valence-corrected chi connectivity index (χ4v) is 2.45. The van der Waals surface area contributed by atoms with Gasteiger partial charge in [-0.3, -0.25) is 0 Å². The Morgan fingerprint density at radius 2 is 1.67 bits per heavy atom. The van der Waals surface area contributed by atoms with E-state index in [9.17, 15) is 4.39 Å². The molecule has 0 aromatic heterocycles. The molecule has 1 aromatic rings. The van der Waals surface area contributed by atoms with E-state index < -0.39 is 0 Å². The standard InChI is InChI=1S/C16H26FN/c1-12(2)6-11-15(18-5)16(3,4)13-7-9-14(17)10-8-13/h7-10,12,15,18H,6,11H2,1-5H3. The highest BCUT2D eigenvalue weighted by Crippen LogP contribution is 2.30. The third-order valence-electron chi connectivity index (χ3n) is 3.84. The van der Waals surface area contributed by atoms with E-state index in [1.807, 2.05) is 19.2 Å². The van der Waals surface area contributed by atoms with Crippen LogP contribution in [0.5, 0.6) is 0 Å². The zero-order valence-electron chi connectivity index (χ0n) is 12.3. The average molecular weight is 251 g/mol. The predicted octanol–water partition coefficient (Wildman–Crippen LogP) is 4.13. The lowest BCUT2D eigenvalue weighted by Gasteiger charge is -2.35. The monoisotopic (exact) mass is 251 g/mol. The van der Waals surface area contributed by atoms with Crippen LogP contribution in [0.15, 0.2) is 24.3 Å². The molecule has 0 fully saturated rings. The van der Waals surface area contributed by atoms with Crippen LogP contribution < -0.4 is 5.32 Å². The van der Waals surface area contributed by atoms with Gasteiger partial charge in [0.25, 0.3) is 0 Å². The van der Waals surface area contributed by atoms with Crippen molar-refractivity contribution >= 4 is 0 Å². The minimum absolute atomic E-state index is 0.0112. The van der Waals surface area contributed by atoms with Gasteiger partial charge in [-0.25, -0.2) is 4.39 Å². The quantitative estimate of drug-likeness (QED) is 0.801. The first kappa shape index (κ1) is 15.2. The third kappa shape index (κ3) is 3.81. The van der Waals surface area contributed by atoms with Crippen LogP contribution in [0.3, 0.4) is 0 Å². The number of likely N-dealkylation sites (N-methyl/N-ethyl adjacent to an activating group) is 1. The summed E-state index contributed by atoms with van der Waals surface area (Å²) in [5.41, 5.74) is 1.20. The van der Waals surface area contributed by atoms with E-state index in [0.717, 1.165) is 6.42 Å². The van der Waals surface area contributed by atoms with Gasteiger partial charge in [0.05, 0.1) is 0 Å². The number of hydrogen-bond donors (Lipinski definition) is 1. The molecule has 0 spiro atoms. The van der Waals surface area contributed by atoms with E-state index in [0.29, 0.717) is 12.0 Å². The van der Waals surface area contributed by atoms with Gasteiger partial charge < -0.3 is 5.32 Å². The van der Waals surface area contributed by atoms with Crippen LogP contribution >= 0.6 is 0 Å². The molecular weight excluding hydrogens is 225 g/mol. The summed E-state index contributed by atoms with van der Waals surface area (Å²) in [6.45, 7) is 8.94. The zero-order chi connectivity index (χ0) is 13.8. The Kier molecular flexibility index (Phi) is 5.33. The molecule has 0 saturated heterocycles. The minimum atomic E-state index is -0.169. The molecule has 0 amide bonds. The molecular formula is C16H26FN. The summed E-state index contributed by atoms with van der Waals surface area (Å²) in [7, 11) is 2.01. The van der Waals surface area contributed by atoms with E-state index in [1.165, 1.54) is 12.0 Å². The van der Waals surface area contributed by atoms with E-state index in [-0.39, 0.29) is 11.2 Å². The van der Waals surface area contributed by atoms with Crippen molar-refractivity contribution in [3.63, 3.8) is 0 Å². The highest BCUT2D eigenvalue weighted by molar-refractivity contribution is 5.26. The molecule has 0 heterocycles. The smallest absolute Gasteiger partial charge is 0.123 e. The van der Waals surface area contributed by atoms with Gasteiger partial charge in [-0.1, -0.05) is 39.8 Å². The molecule has 2 heteroatoms. The van der Waals surface area contributed by atoms with Gasteiger partial charge in [-0.05, 0) is 43.5 Å². The second kappa shape index (κ2) is 6.33. The zero-order valence-corrected chi connectivity index (χ0v) is 12.3. The number of nitrogens with one attached hydrogen (secondary N) is 1. The first-order chi connectivity index (χ1) is 8.37. The molecule has 1 nitrogen and oxygen atoms in total. The molecule has 0 bridgehead atoms. The maximum absolute atomic E-state index is 13.0. The molecule has 0 aliphatic heterocycles. The Labute approximate surface area is 111 Å². The lowest BCUT2D eigenvalue weighted by molar-refractivity contribution is 0.319. The van der Waals surface area contributed by atoms with Gasteiger partial charge in [-0.2, -0.15) is 0 Å². The van der Waals surface area contributed by atoms with Crippen molar-refractivity contribution in [2.75, 3.05) is 7.05 Å². The van der Waals surface area contributed by atoms with Gasteiger partial charge in [0, 0.05) is 11.5 Å². The Morgan fingerprint density at radius 3 is 2.11 bits per heavy atom. The highest BCUT2D eigenvalue weighted by atomic mass is 19.1. The van der Waals surface area contributed by atoms with Crippen LogP contribution in [0.4, 0.5) is 4.39 Å². The molecule has 102 valence electrons. The molecule has 0 radical (unpaired) electrons. The number of benzene rings is 1. The number of rotatable bonds is 6. The summed E-state index contributed by atoms with van der Waals surface area (Å²) in [5.74, 6) is 0.544. The summed E-state index contributed by atoms with van der Waals surface area (Å²) in [6, 6.07) is 7.30. The van der Waals surface area contributed by atoms with Crippen molar-refractivity contribution < 1.29 is 4.39 Å². The van der Waals surface area contributed by atoms with Gasteiger partial charge in [0.15, 0.2) is 0 Å². The molecule has 0 aliphatic carbocycles. The molecule has 0 saturated carbocycles.